The molecule has 4 nitrogen and oxygen atoms in total. The highest BCUT2D eigenvalue weighted by Gasteiger charge is 2.18. The summed E-state index contributed by atoms with van der Waals surface area (Å²) in [5.41, 5.74) is 2.25. The number of amides is 1. The Balaban J connectivity index is 3.01. The molecular weight excluding hydrogens is 254 g/mol. The molecule has 1 aromatic carbocycles. The third kappa shape index (κ3) is 4.44. The summed E-state index contributed by atoms with van der Waals surface area (Å²) in [6.45, 7) is 11.6. The third-order valence-corrected chi connectivity index (χ3v) is 2.83. The number of aryl methyl sites for hydroxylation is 1. The summed E-state index contributed by atoms with van der Waals surface area (Å²) in [7, 11) is 1.65. The first kappa shape index (κ1) is 16.3. The number of carbonyl (C=O) groups is 1. The van der Waals surface area contributed by atoms with Gasteiger partial charge < -0.3 is 9.47 Å². The van der Waals surface area contributed by atoms with E-state index in [4.69, 9.17) is 9.47 Å². The van der Waals surface area contributed by atoms with Gasteiger partial charge in [0.05, 0.1) is 7.11 Å². The molecule has 1 aromatic rings. The van der Waals surface area contributed by atoms with E-state index in [0.717, 1.165) is 22.6 Å². The second kappa shape index (κ2) is 6.16. The van der Waals surface area contributed by atoms with Gasteiger partial charge >= 0.3 is 6.09 Å². The van der Waals surface area contributed by atoms with Gasteiger partial charge in [-0.1, -0.05) is 13.8 Å². The number of hydrogen-bond donors (Lipinski definition) is 1. The molecule has 112 valence electrons. The molecule has 0 saturated carbocycles. The van der Waals surface area contributed by atoms with E-state index >= 15 is 0 Å². The lowest BCUT2D eigenvalue weighted by Gasteiger charge is -2.21. The molecule has 0 aliphatic carbocycles. The van der Waals surface area contributed by atoms with E-state index < -0.39 is 11.7 Å². The Kier molecular flexibility index (Phi) is 5.03. The molecule has 0 unspecified atom stereocenters. The van der Waals surface area contributed by atoms with Gasteiger partial charge in [0, 0.05) is 5.69 Å². The van der Waals surface area contributed by atoms with E-state index in [1.54, 1.807) is 7.11 Å². The minimum Gasteiger partial charge on any atom is -0.496 e. The van der Waals surface area contributed by atoms with E-state index in [-0.39, 0.29) is 0 Å². The molecule has 0 atom stereocenters. The van der Waals surface area contributed by atoms with Gasteiger partial charge in [0.25, 0.3) is 0 Å². The number of hydrogen-bond acceptors (Lipinski definition) is 3. The Hall–Kier alpha value is -1.71. The van der Waals surface area contributed by atoms with Gasteiger partial charge in [0.2, 0.25) is 0 Å². The quantitative estimate of drug-likeness (QED) is 0.887. The number of benzene rings is 1. The first-order valence-corrected chi connectivity index (χ1v) is 6.82. The van der Waals surface area contributed by atoms with Gasteiger partial charge in [-0.2, -0.15) is 0 Å². The molecular formula is C16H25NO3. The number of nitrogens with one attached hydrogen (secondary N) is 1. The SMILES string of the molecule is COc1cc(C)c(NC(=O)OC(C)(C)C)cc1C(C)C. The molecule has 0 bridgehead atoms. The van der Waals surface area contributed by atoms with Crippen molar-refractivity contribution in [2.45, 2.75) is 53.1 Å². The lowest BCUT2D eigenvalue weighted by molar-refractivity contribution is 0.0636. The van der Waals surface area contributed by atoms with Crippen LogP contribution in [0.25, 0.3) is 0 Å². The summed E-state index contributed by atoms with van der Waals surface area (Å²) in [6.07, 6.45) is -0.444. The Bertz CT molecular complexity index is 487. The average Bonchev–Trinajstić information content (AvgIpc) is 2.28. The largest absolute Gasteiger partial charge is 0.496 e. The molecule has 0 spiro atoms. The fraction of sp³-hybridized carbons (Fsp3) is 0.562. The highest BCUT2D eigenvalue weighted by molar-refractivity contribution is 5.86. The van der Waals surface area contributed by atoms with Crippen molar-refractivity contribution in [3.05, 3.63) is 23.3 Å². The topological polar surface area (TPSA) is 47.6 Å². The van der Waals surface area contributed by atoms with Crippen LogP contribution in [0.3, 0.4) is 0 Å². The summed E-state index contributed by atoms with van der Waals surface area (Å²) in [5.74, 6) is 1.15. The van der Waals surface area contributed by atoms with Gasteiger partial charge in [0.1, 0.15) is 11.4 Å². The minimum absolute atomic E-state index is 0.310. The molecule has 0 fully saturated rings. The molecule has 0 saturated heterocycles. The van der Waals surface area contributed by atoms with Crippen molar-refractivity contribution >= 4 is 11.8 Å². The van der Waals surface area contributed by atoms with E-state index in [1.807, 2.05) is 39.8 Å². The number of methoxy groups -OCH3 is 1. The van der Waals surface area contributed by atoms with Gasteiger partial charge in [-0.05, 0) is 56.9 Å². The van der Waals surface area contributed by atoms with Crippen molar-refractivity contribution < 1.29 is 14.3 Å². The lowest BCUT2D eigenvalue weighted by Crippen LogP contribution is -2.27. The maximum absolute atomic E-state index is 11.9. The van der Waals surface area contributed by atoms with Crippen LogP contribution in [0.2, 0.25) is 0 Å². The first-order chi connectivity index (χ1) is 9.14. The van der Waals surface area contributed by atoms with Crippen LogP contribution >= 0.6 is 0 Å². The van der Waals surface area contributed by atoms with E-state index in [9.17, 15) is 4.79 Å². The molecule has 0 heterocycles. The maximum atomic E-state index is 11.9. The molecule has 1 rings (SSSR count). The summed E-state index contributed by atoms with van der Waals surface area (Å²) < 4.78 is 10.7. The highest BCUT2D eigenvalue weighted by atomic mass is 16.6. The van der Waals surface area contributed by atoms with Crippen molar-refractivity contribution in [2.75, 3.05) is 12.4 Å². The fourth-order valence-corrected chi connectivity index (χ4v) is 1.87. The summed E-state index contributed by atoms with van der Waals surface area (Å²) in [6, 6.07) is 3.88. The van der Waals surface area contributed by atoms with Crippen molar-refractivity contribution in [3.63, 3.8) is 0 Å². The standard InChI is InChI=1S/C16H25NO3/c1-10(2)12-9-13(11(3)8-14(12)19-7)17-15(18)20-16(4,5)6/h8-10H,1-7H3,(H,17,18). The van der Waals surface area contributed by atoms with Crippen LogP contribution in [0.4, 0.5) is 10.5 Å². The molecule has 0 aliphatic heterocycles. The zero-order valence-electron chi connectivity index (χ0n) is 13.5. The van der Waals surface area contributed by atoms with Crippen molar-refractivity contribution in [2.24, 2.45) is 0 Å². The summed E-state index contributed by atoms with van der Waals surface area (Å²) >= 11 is 0. The zero-order chi connectivity index (χ0) is 15.5. The smallest absolute Gasteiger partial charge is 0.412 e. The van der Waals surface area contributed by atoms with Crippen LogP contribution < -0.4 is 10.1 Å². The van der Waals surface area contributed by atoms with Gasteiger partial charge in [-0.15, -0.1) is 0 Å². The fourth-order valence-electron chi connectivity index (χ4n) is 1.87. The molecule has 20 heavy (non-hydrogen) atoms. The van der Waals surface area contributed by atoms with Crippen LogP contribution in [0, 0.1) is 6.92 Å². The minimum atomic E-state index is -0.509. The predicted octanol–water partition coefficient (Wildman–Crippen LogP) is 4.47. The van der Waals surface area contributed by atoms with Gasteiger partial charge in [-0.3, -0.25) is 5.32 Å². The van der Waals surface area contributed by atoms with Crippen LogP contribution in [0.5, 0.6) is 5.75 Å². The van der Waals surface area contributed by atoms with Crippen LogP contribution in [0.15, 0.2) is 12.1 Å². The Labute approximate surface area is 121 Å². The lowest BCUT2D eigenvalue weighted by atomic mass is 9.99. The maximum Gasteiger partial charge on any atom is 0.412 e. The number of anilines is 1. The second-order valence-corrected chi connectivity index (χ2v) is 6.19. The molecule has 0 aromatic heterocycles. The summed E-state index contributed by atoms with van der Waals surface area (Å²) in [4.78, 5) is 11.9. The first-order valence-electron chi connectivity index (χ1n) is 6.82. The van der Waals surface area contributed by atoms with Crippen LogP contribution in [-0.4, -0.2) is 18.8 Å². The second-order valence-electron chi connectivity index (χ2n) is 6.19. The molecule has 4 heteroatoms. The van der Waals surface area contributed by atoms with Gasteiger partial charge in [0.15, 0.2) is 0 Å². The monoisotopic (exact) mass is 279 g/mol. The molecule has 0 radical (unpaired) electrons. The Morgan fingerprint density at radius 2 is 1.85 bits per heavy atom. The van der Waals surface area contributed by atoms with E-state index in [2.05, 4.69) is 19.2 Å². The summed E-state index contributed by atoms with van der Waals surface area (Å²) in [5, 5.41) is 2.80. The Morgan fingerprint density at radius 1 is 1.25 bits per heavy atom. The Morgan fingerprint density at radius 3 is 2.30 bits per heavy atom. The highest BCUT2D eigenvalue weighted by Crippen LogP contribution is 2.32. The number of ether oxygens (including phenoxy) is 2. The van der Waals surface area contributed by atoms with Crippen LogP contribution in [0.1, 0.15) is 51.7 Å². The van der Waals surface area contributed by atoms with E-state index in [0.29, 0.717) is 5.92 Å². The molecule has 1 amide bonds. The predicted molar refractivity (Wildman–Crippen MR) is 81.7 cm³/mol. The number of carbonyl (C=O) groups excluding carboxylic acids is 1. The van der Waals surface area contributed by atoms with Crippen molar-refractivity contribution in [1.82, 2.24) is 0 Å². The number of rotatable bonds is 3. The van der Waals surface area contributed by atoms with Gasteiger partial charge in [-0.25, -0.2) is 4.79 Å². The van der Waals surface area contributed by atoms with Crippen molar-refractivity contribution in [1.29, 1.82) is 0 Å². The van der Waals surface area contributed by atoms with E-state index in [1.165, 1.54) is 0 Å². The zero-order valence-corrected chi connectivity index (χ0v) is 13.5. The average molecular weight is 279 g/mol. The normalized spacial score (nSPS) is 11.4. The third-order valence-electron chi connectivity index (χ3n) is 2.83. The molecule has 1 N–H and O–H groups in total. The van der Waals surface area contributed by atoms with Crippen LogP contribution in [-0.2, 0) is 4.74 Å². The molecule has 0 aliphatic rings. The van der Waals surface area contributed by atoms with Crippen molar-refractivity contribution in [3.8, 4) is 5.75 Å².